The Hall–Kier alpha value is -3.59. The average Bonchev–Trinajstić information content (AvgIpc) is 3.19. The monoisotopic (exact) mass is 427 g/mol. The van der Waals surface area contributed by atoms with Crippen molar-refractivity contribution in [2.75, 3.05) is 11.9 Å². The molecule has 30 heavy (non-hydrogen) atoms. The van der Waals surface area contributed by atoms with Gasteiger partial charge in [0.1, 0.15) is 16.9 Å². The number of aromatic nitrogens is 2. The zero-order chi connectivity index (χ0) is 20.9. The fourth-order valence-electron chi connectivity index (χ4n) is 2.84. The molecule has 1 amide bonds. The van der Waals surface area contributed by atoms with E-state index in [9.17, 15) is 13.6 Å². The minimum Gasteiger partial charge on any atom is -0.467 e. The number of hydrogen-bond donors (Lipinski definition) is 1. The van der Waals surface area contributed by atoms with Crippen molar-refractivity contribution in [3.63, 3.8) is 0 Å². The van der Waals surface area contributed by atoms with E-state index < -0.39 is 12.5 Å². The van der Waals surface area contributed by atoms with Gasteiger partial charge in [-0.05, 0) is 29.8 Å². The molecule has 0 radical (unpaired) electrons. The predicted molar refractivity (Wildman–Crippen MR) is 110 cm³/mol. The number of ether oxygens (including phenoxy) is 2. The van der Waals surface area contributed by atoms with Crippen molar-refractivity contribution in [2.45, 2.75) is 6.61 Å². The van der Waals surface area contributed by atoms with Crippen LogP contribution in [-0.2, 0) is 4.79 Å². The molecule has 2 aromatic carbocycles. The first-order valence-corrected chi connectivity index (χ1v) is 9.73. The van der Waals surface area contributed by atoms with Crippen LogP contribution in [0.4, 0.5) is 14.5 Å². The molecule has 0 saturated heterocycles. The summed E-state index contributed by atoms with van der Waals surface area (Å²) in [7, 11) is 0. The lowest BCUT2D eigenvalue weighted by Gasteiger charge is -2.09. The fourth-order valence-corrected chi connectivity index (χ4v) is 3.74. The van der Waals surface area contributed by atoms with Gasteiger partial charge >= 0.3 is 6.61 Å². The highest BCUT2D eigenvalue weighted by atomic mass is 32.1. The number of carbonyl (C=O) groups excluding carboxylic acids is 1. The lowest BCUT2D eigenvalue weighted by atomic mass is 10.1. The highest BCUT2D eigenvalue weighted by Gasteiger charge is 2.15. The van der Waals surface area contributed by atoms with E-state index in [-0.39, 0.29) is 12.4 Å². The molecular formula is C21H15F2N3O3S. The first kappa shape index (κ1) is 19.7. The second-order valence-electron chi connectivity index (χ2n) is 6.11. The molecule has 0 aliphatic carbocycles. The van der Waals surface area contributed by atoms with E-state index in [1.807, 2.05) is 35.7 Å². The van der Waals surface area contributed by atoms with Crippen molar-refractivity contribution in [3.8, 4) is 22.8 Å². The summed E-state index contributed by atoms with van der Waals surface area (Å²) in [5.41, 5.74) is 2.36. The standard InChI is InChI=1S/C21H15F2N3O3S/c22-21(23)29-15-8-6-14(7-9-15)26-17(27)10-28-19-18-16(13-4-2-1-3-5-13)11-30-20(18)25-12-24-19/h1-9,11-12,21H,10H2,(H,26,27). The van der Waals surface area contributed by atoms with E-state index in [0.29, 0.717) is 11.6 Å². The first-order valence-electron chi connectivity index (χ1n) is 8.85. The summed E-state index contributed by atoms with van der Waals surface area (Å²) in [6.07, 6.45) is 1.39. The van der Waals surface area contributed by atoms with Gasteiger partial charge in [-0.1, -0.05) is 30.3 Å². The number of rotatable bonds is 7. The molecule has 2 heterocycles. The molecule has 2 aromatic heterocycles. The maximum Gasteiger partial charge on any atom is 0.387 e. The molecule has 0 aliphatic heterocycles. The second kappa shape index (κ2) is 8.83. The molecule has 0 bridgehead atoms. The van der Waals surface area contributed by atoms with Crippen LogP contribution in [0.25, 0.3) is 21.3 Å². The van der Waals surface area contributed by atoms with E-state index in [1.54, 1.807) is 0 Å². The van der Waals surface area contributed by atoms with Crippen LogP contribution < -0.4 is 14.8 Å². The van der Waals surface area contributed by atoms with Gasteiger partial charge in [0.15, 0.2) is 6.61 Å². The number of amides is 1. The van der Waals surface area contributed by atoms with E-state index >= 15 is 0 Å². The Morgan fingerprint density at radius 1 is 1.07 bits per heavy atom. The molecule has 1 N–H and O–H groups in total. The minimum atomic E-state index is -2.90. The summed E-state index contributed by atoms with van der Waals surface area (Å²) in [6.45, 7) is -3.17. The Bertz CT molecular complexity index is 1150. The number of carbonyl (C=O) groups is 1. The van der Waals surface area contributed by atoms with E-state index in [4.69, 9.17) is 4.74 Å². The van der Waals surface area contributed by atoms with Crippen molar-refractivity contribution in [1.29, 1.82) is 0 Å². The molecule has 0 fully saturated rings. The highest BCUT2D eigenvalue weighted by Crippen LogP contribution is 2.37. The summed E-state index contributed by atoms with van der Waals surface area (Å²) in [5.74, 6) is -0.0924. The third-order valence-corrected chi connectivity index (χ3v) is 5.01. The highest BCUT2D eigenvalue weighted by molar-refractivity contribution is 7.17. The van der Waals surface area contributed by atoms with Gasteiger partial charge < -0.3 is 14.8 Å². The van der Waals surface area contributed by atoms with Crippen molar-refractivity contribution < 1.29 is 23.0 Å². The smallest absolute Gasteiger partial charge is 0.387 e. The molecular weight excluding hydrogens is 412 g/mol. The normalized spacial score (nSPS) is 10.9. The maximum atomic E-state index is 12.2. The molecule has 0 saturated carbocycles. The van der Waals surface area contributed by atoms with Gasteiger partial charge in [-0.15, -0.1) is 11.3 Å². The molecule has 9 heteroatoms. The van der Waals surface area contributed by atoms with Crippen molar-refractivity contribution in [3.05, 3.63) is 66.3 Å². The number of nitrogens with one attached hydrogen (secondary N) is 1. The number of fused-ring (bicyclic) bond motifs is 1. The molecule has 0 unspecified atom stereocenters. The number of halogens is 2. The van der Waals surface area contributed by atoms with Gasteiger partial charge in [-0.2, -0.15) is 8.78 Å². The van der Waals surface area contributed by atoms with Crippen LogP contribution in [0, 0.1) is 0 Å². The van der Waals surface area contributed by atoms with Crippen molar-refractivity contribution in [1.82, 2.24) is 9.97 Å². The number of anilines is 1. The molecule has 0 spiro atoms. The topological polar surface area (TPSA) is 73.3 Å². The summed E-state index contributed by atoms with van der Waals surface area (Å²) >= 11 is 1.47. The zero-order valence-corrected chi connectivity index (χ0v) is 16.2. The molecule has 4 rings (SSSR count). The van der Waals surface area contributed by atoms with Crippen LogP contribution in [-0.4, -0.2) is 29.1 Å². The number of thiophene rings is 1. The Morgan fingerprint density at radius 3 is 2.57 bits per heavy atom. The Balaban J connectivity index is 1.46. The van der Waals surface area contributed by atoms with Crippen LogP contribution in [0.15, 0.2) is 66.3 Å². The maximum absolute atomic E-state index is 12.2. The van der Waals surface area contributed by atoms with Crippen LogP contribution >= 0.6 is 11.3 Å². The van der Waals surface area contributed by atoms with Gasteiger partial charge in [-0.3, -0.25) is 4.79 Å². The Morgan fingerprint density at radius 2 is 1.83 bits per heavy atom. The quantitative estimate of drug-likeness (QED) is 0.450. The van der Waals surface area contributed by atoms with Gasteiger partial charge in [-0.25, -0.2) is 9.97 Å². The fraction of sp³-hybridized carbons (Fsp3) is 0.0952. The van der Waals surface area contributed by atoms with Gasteiger partial charge in [0.25, 0.3) is 5.91 Å². The minimum absolute atomic E-state index is 0.00789. The van der Waals surface area contributed by atoms with Gasteiger partial charge in [0.2, 0.25) is 5.88 Å². The first-order chi connectivity index (χ1) is 14.6. The molecule has 152 valence electrons. The van der Waals surface area contributed by atoms with Crippen molar-refractivity contribution >= 4 is 33.1 Å². The largest absolute Gasteiger partial charge is 0.467 e. The van der Waals surface area contributed by atoms with Crippen LogP contribution in [0.1, 0.15) is 0 Å². The van der Waals surface area contributed by atoms with Crippen LogP contribution in [0.3, 0.4) is 0 Å². The predicted octanol–water partition coefficient (Wildman–Crippen LogP) is 4.98. The van der Waals surface area contributed by atoms with Crippen LogP contribution in [0.5, 0.6) is 11.6 Å². The van der Waals surface area contributed by atoms with Gasteiger partial charge in [0, 0.05) is 16.6 Å². The zero-order valence-electron chi connectivity index (χ0n) is 15.4. The summed E-state index contributed by atoms with van der Waals surface area (Å²) in [6, 6.07) is 15.4. The lowest BCUT2D eigenvalue weighted by molar-refractivity contribution is -0.118. The van der Waals surface area contributed by atoms with E-state index in [0.717, 1.165) is 21.3 Å². The SMILES string of the molecule is O=C(COc1ncnc2scc(-c3ccccc3)c12)Nc1ccc(OC(F)F)cc1. The molecule has 4 aromatic rings. The Labute approximate surface area is 174 Å². The third kappa shape index (κ3) is 4.52. The summed E-state index contributed by atoms with van der Waals surface area (Å²) in [4.78, 5) is 21.5. The Kier molecular flexibility index (Phi) is 5.80. The summed E-state index contributed by atoms with van der Waals surface area (Å²) < 4.78 is 34.3. The molecule has 6 nitrogen and oxygen atoms in total. The number of benzene rings is 2. The lowest BCUT2D eigenvalue weighted by Crippen LogP contribution is -2.20. The number of hydrogen-bond acceptors (Lipinski definition) is 6. The van der Waals surface area contributed by atoms with E-state index in [1.165, 1.54) is 41.9 Å². The van der Waals surface area contributed by atoms with E-state index in [2.05, 4.69) is 20.0 Å². The summed E-state index contributed by atoms with van der Waals surface area (Å²) in [5, 5.41) is 5.36. The van der Waals surface area contributed by atoms with Crippen molar-refractivity contribution in [2.24, 2.45) is 0 Å². The second-order valence-corrected chi connectivity index (χ2v) is 6.97. The van der Waals surface area contributed by atoms with Crippen LogP contribution in [0.2, 0.25) is 0 Å². The molecule has 0 atom stereocenters. The third-order valence-electron chi connectivity index (χ3n) is 4.12. The average molecular weight is 427 g/mol. The van der Waals surface area contributed by atoms with Gasteiger partial charge in [0.05, 0.1) is 5.39 Å². The number of nitrogens with zero attached hydrogens (tertiary/aromatic N) is 2. The molecule has 0 aliphatic rings. The number of alkyl halides is 2.